The summed E-state index contributed by atoms with van der Waals surface area (Å²) in [5.74, 6) is -0.251. The first kappa shape index (κ1) is 11.0. The summed E-state index contributed by atoms with van der Waals surface area (Å²) in [6.45, 7) is 4.43. The van der Waals surface area contributed by atoms with Crippen LogP contribution in [0.15, 0.2) is 0 Å². The third kappa shape index (κ3) is 2.99. The molecular weight excluding hydrogens is 184 g/mol. The minimum absolute atomic E-state index is 0.0123. The molecule has 1 saturated heterocycles. The number of nitrogens with one attached hydrogen (secondary N) is 2. The van der Waals surface area contributed by atoms with Crippen LogP contribution in [-0.4, -0.2) is 37.1 Å². The van der Waals surface area contributed by atoms with E-state index < -0.39 is 0 Å². The molecule has 1 amide bonds. The predicted molar refractivity (Wildman–Crippen MR) is 50.6 cm³/mol. The topological polar surface area (TPSA) is 67.4 Å². The van der Waals surface area contributed by atoms with E-state index in [0.717, 1.165) is 0 Å². The molecule has 0 aromatic rings. The van der Waals surface area contributed by atoms with Gasteiger partial charge >= 0.3 is 5.97 Å². The molecule has 0 aliphatic carbocycles. The third-order valence-electron chi connectivity index (χ3n) is 2.12. The molecule has 1 fully saturated rings. The zero-order valence-corrected chi connectivity index (χ0v) is 8.50. The van der Waals surface area contributed by atoms with Gasteiger partial charge in [0.05, 0.1) is 19.1 Å². The Hall–Kier alpha value is -1.10. The van der Waals surface area contributed by atoms with Crippen LogP contribution in [0.5, 0.6) is 0 Å². The van der Waals surface area contributed by atoms with Gasteiger partial charge in [-0.25, -0.2) is 0 Å². The Kier molecular flexibility index (Phi) is 3.88. The fraction of sp³-hybridized carbons (Fsp3) is 0.778. The number of hydrogen-bond donors (Lipinski definition) is 2. The van der Waals surface area contributed by atoms with Gasteiger partial charge in [0.1, 0.15) is 0 Å². The molecular formula is C9H16N2O3. The van der Waals surface area contributed by atoms with Crippen molar-refractivity contribution in [1.82, 2.24) is 10.6 Å². The Balaban J connectivity index is 2.32. The van der Waals surface area contributed by atoms with E-state index in [0.29, 0.717) is 19.6 Å². The van der Waals surface area contributed by atoms with Crippen molar-refractivity contribution in [1.29, 1.82) is 0 Å². The zero-order valence-electron chi connectivity index (χ0n) is 8.50. The lowest BCUT2D eigenvalue weighted by atomic mass is 10.1. The number of esters is 1. The predicted octanol–water partition coefficient (Wildman–Crippen LogP) is -0.584. The van der Waals surface area contributed by atoms with Crippen molar-refractivity contribution in [2.45, 2.75) is 32.4 Å². The largest absolute Gasteiger partial charge is 0.466 e. The summed E-state index contributed by atoms with van der Waals surface area (Å²) in [4.78, 5) is 22.2. The van der Waals surface area contributed by atoms with E-state index in [-0.39, 0.29) is 24.0 Å². The zero-order chi connectivity index (χ0) is 10.6. The first-order valence-electron chi connectivity index (χ1n) is 4.83. The van der Waals surface area contributed by atoms with Crippen LogP contribution in [0.4, 0.5) is 0 Å². The number of hydrogen-bond acceptors (Lipinski definition) is 4. The maximum Gasteiger partial charge on any atom is 0.307 e. The van der Waals surface area contributed by atoms with Crippen LogP contribution in [0.25, 0.3) is 0 Å². The van der Waals surface area contributed by atoms with Gasteiger partial charge < -0.3 is 15.4 Å². The summed E-state index contributed by atoms with van der Waals surface area (Å²) in [5.41, 5.74) is 0. The molecule has 0 aromatic carbocycles. The fourth-order valence-electron chi connectivity index (χ4n) is 1.42. The van der Waals surface area contributed by atoms with Gasteiger partial charge in [-0.3, -0.25) is 9.59 Å². The average Bonchev–Trinajstić information content (AvgIpc) is 2.12. The molecule has 0 saturated carbocycles. The highest BCUT2D eigenvalue weighted by Crippen LogP contribution is 2.01. The van der Waals surface area contributed by atoms with Gasteiger partial charge in [-0.1, -0.05) is 0 Å². The molecule has 0 spiro atoms. The number of amides is 1. The van der Waals surface area contributed by atoms with Crippen molar-refractivity contribution in [3.05, 3.63) is 0 Å². The summed E-state index contributed by atoms with van der Waals surface area (Å²) < 4.78 is 4.82. The second-order valence-electron chi connectivity index (χ2n) is 3.34. The van der Waals surface area contributed by atoms with Crippen LogP contribution >= 0.6 is 0 Å². The van der Waals surface area contributed by atoms with Gasteiger partial charge in [-0.15, -0.1) is 0 Å². The monoisotopic (exact) mass is 200 g/mol. The van der Waals surface area contributed by atoms with Crippen molar-refractivity contribution in [2.24, 2.45) is 0 Å². The van der Waals surface area contributed by atoms with Crippen molar-refractivity contribution >= 4 is 11.9 Å². The second kappa shape index (κ2) is 4.95. The van der Waals surface area contributed by atoms with Crippen LogP contribution in [-0.2, 0) is 14.3 Å². The highest BCUT2D eigenvalue weighted by molar-refractivity contribution is 5.82. The smallest absolute Gasteiger partial charge is 0.307 e. The molecule has 0 aromatic heterocycles. The average molecular weight is 200 g/mol. The standard InChI is InChI=1S/C9H16N2O3/c1-3-14-8(12)4-7-5-10-9(13)6(2)11-7/h6-7,11H,3-5H2,1-2H3,(H,10,13)/t6-,7+/m0/s1. The van der Waals surface area contributed by atoms with Crippen LogP contribution in [0.1, 0.15) is 20.3 Å². The number of rotatable bonds is 3. The van der Waals surface area contributed by atoms with Gasteiger partial charge in [0.25, 0.3) is 0 Å². The Morgan fingerprint density at radius 1 is 1.64 bits per heavy atom. The molecule has 1 heterocycles. The number of ether oxygens (including phenoxy) is 1. The van der Waals surface area contributed by atoms with E-state index in [1.165, 1.54) is 0 Å². The van der Waals surface area contributed by atoms with Crippen LogP contribution in [0.2, 0.25) is 0 Å². The van der Waals surface area contributed by atoms with Gasteiger partial charge in [0.15, 0.2) is 0 Å². The van der Waals surface area contributed by atoms with E-state index in [4.69, 9.17) is 4.74 Å². The molecule has 0 unspecified atom stereocenters. The summed E-state index contributed by atoms with van der Waals surface area (Å²) in [5, 5.41) is 5.76. The molecule has 1 aliphatic rings. The minimum Gasteiger partial charge on any atom is -0.466 e. The second-order valence-corrected chi connectivity index (χ2v) is 3.34. The summed E-state index contributed by atoms with van der Waals surface area (Å²) in [6, 6.07) is -0.245. The lowest BCUT2D eigenvalue weighted by Crippen LogP contribution is -2.57. The molecule has 5 nitrogen and oxygen atoms in total. The first-order valence-corrected chi connectivity index (χ1v) is 4.83. The number of carbonyl (C=O) groups is 2. The van der Waals surface area contributed by atoms with Crippen molar-refractivity contribution < 1.29 is 14.3 Å². The third-order valence-corrected chi connectivity index (χ3v) is 2.12. The van der Waals surface area contributed by atoms with Crippen molar-refractivity contribution in [3.63, 3.8) is 0 Å². The quantitative estimate of drug-likeness (QED) is 0.598. The first-order chi connectivity index (χ1) is 6.63. The molecule has 0 bridgehead atoms. The van der Waals surface area contributed by atoms with Crippen LogP contribution in [0, 0.1) is 0 Å². The normalized spacial score (nSPS) is 26.9. The lowest BCUT2D eigenvalue weighted by Gasteiger charge is -2.28. The van der Waals surface area contributed by atoms with E-state index in [1.807, 2.05) is 0 Å². The molecule has 1 rings (SSSR count). The highest BCUT2D eigenvalue weighted by Gasteiger charge is 2.25. The Bertz CT molecular complexity index is 230. The SMILES string of the molecule is CCOC(=O)C[C@@H]1CNC(=O)[C@H](C)N1. The van der Waals surface area contributed by atoms with E-state index >= 15 is 0 Å². The number of piperazine rings is 1. The highest BCUT2D eigenvalue weighted by atomic mass is 16.5. The summed E-state index contributed by atoms with van der Waals surface area (Å²) in [6.07, 6.45) is 0.304. The molecule has 2 N–H and O–H groups in total. The minimum atomic E-state index is -0.233. The van der Waals surface area contributed by atoms with E-state index in [9.17, 15) is 9.59 Å². The Labute approximate surface area is 83.2 Å². The van der Waals surface area contributed by atoms with E-state index in [1.54, 1.807) is 13.8 Å². The maximum atomic E-state index is 11.1. The molecule has 2 atom stereocenters. The maximum absolute atomic E-state index is 11.1. The fourth-order valence-corrected chi connectivity index (χ4v) is 1.42. The van der Waals surface area contributed by atoms with E-state index in [2.05, 4.69) is 10.6 Å². The molecule has 80 valence electrons. The Morgan fingerprint density at radius 2 is 2.36 bits per heavy atom. The lowest BCUT2D eigenvalue weighted by molar-refractivity contribution is -0.144. The van der Waals surface area contributed by atoms with Gasteiger partial charge in [-0.2, -0.15) is 0 Å². The van der Waals surface area contributed by atoms with Crippen molar-refractivity contribution in [3.8, 4) is 0 Å². The summed E-state index contributed by atoms with van der Waals surface area (Å²) in [7, 11) is 0. The molecule has 1 aliphatic heterocycles. The van der Waals surface area contributed by atoms with Crippen LogP contribution < -0.4 is 10.6 Å². The van der Waals surface area contributed by atoms with Gasteiger partial charge in [0, 0.05) is 12.6 Å². The Morgan fingerprint density at radius 3 is 2.93 bits per heavy atom. The van der Waals surface area contributed by atoms with Gasteiger partial charge in [-0.05, 0) is 13.8 Å². The molecule has 0 radical (unpaired) electrons. The van der Waals surface area contributed by atoms with Gasteiger partial charge in [0.2, 0.25) is 5.91 Å². The summed E-state index contributed by atoms with van der Waals surface area (Å²) >= 11 is 0. The van der Waals surface area contributed by atoms with Crippen LogP contribution in [0.3, 0.4) is 0 Å². The molecule has 5 heteroatoms. The number of carbonyl (C=O) groups excluding carboxylic acids is 2. The van der Waals surface area contributed by atoms with Crippen molar-refractivity contribution in [2.75, 3.05) is 13.2 Å². The molecule has 14 heavy (non-hydrogen) atoms.